The molecule has 0 radical (unpaired) electrons. The Bertz CT molecular complexity index is 1550. The Morgan fingerprint density at radius 3 is 1.86 bits per heavy atom. The van der Waals surface area contributed by atoms with E-state index in [9.17, 15) is 24.3 Å². The number of benzene rings is 3. The number of carbonyl (C=O) groups excluding carboxylic acids is 3. The van der Waals surface area contributed by atoms with Crippen LogP contribution in [0, 0.1) is 0 Å². The summed E-state index contributed by atoms with van der Waals surface area (Å²) >= 11 is 4.23. The Balaban J connectivity index is 1.44. The quantitative estimate of drug-likeness (QED) is 0.109. The highest BCUT2D eigenvalue weighted by atomic mass is 32.1. The monoisotopic (exact) mass is 601 g/mol. The molecule has 224 valence electrons. The van der Waals surface area contributed by atoms with Gasteiger partial charge in [0.2, 0.25) is 17.7 Å². The van der Waals surface area contributed by atoms with Crippen LogP contribution in [0.1, 0.15) is 16.7 Å². The molecule has 4 aromatic rings. The molecule has 3 amide bonds. The second-order valence-corrected chi connectivity index (χ2v) is 10.6. The second-order valence-electron chi connectivity index (χ2n) is 10.3. The summed E-state index contributed by atoms with van der Waals surface area (Å²) in [6.07, 6.45) is 2.17. The number of aliphatic carboxylic acids is 1. The fourth-order valence-corrected chi connectivity index (χ4v) is 5.01. The number of amides is 3. The third-order valence-electron chi connectivity index (χ3n) is 7.08. The Hall–Kier alpha value is -4.61. The first-order chi connectivity index (χ1) is 20.7. The molecule has 3 aromatic carbocycles. The maximum Gasteiger partial charge on any atom is 0.326 e. The van der Waals surface area contributed by atoms with Crippen LogP contribution in [0.15, 0.2) is 91.1 Å². The van der Waals surface area contributed by atoms with Crippen LogP contribution >= 0.6 is 12.6 Å². The maximum atomic E-state index is 13.5. The van der Waals surface area contributed by atoms with Crippen LogP contribution in [0.2, 0.25) is 0 Å². The SMILES string of the molecule is NC(Cc1ccccc1)C(=O)NC(Cc1ccccc1)C(=O)NC(CS)C(=O)NC(Cc1c[nH]c2ccccc12)C(=O)O. The van der Waals surface area contributed by atoms with E-state index < -0.39 is 47.9 Å². The van der Waals surface area contributed by atoms with Gasteiger partial charge in [0.15, 0.2) is 0 Å². The topological polar surface area (TPSA) is 166 Å². The third-order valence-corrected chi connectivity index (χ3v) is 7.45. The van der Waals surface area contributed by atoms with Gasteiger partial charge in [-0.25, -0.2) is 4.79 Å². The van der Waals surface area contributed by atoms with E-state index in [0.29, 0.717) is 0 Å². The van der Waals surface area contributed by atoms with Crippen molar-refractivity contribution in [2.75, 3.05) is 5.75 Å². The first kappa shape index (κ1) is 31.3. The molecule has 4 atom stereocenters. The van der Waals surface area contributed by atoms with Crippen LogP contribution in [0.4, 0.5) is 0 Å². The van der Waals surface area contributed by atoms with Gasteiger partial charge in [0.25, 0.3) is 0 Å². The minimum absolute atomic E-state index is 0.0321. The number of nitrogens with one attached hydrogen (secondary N) is 4. The number of H-pyrrole nitrogens is 1. The summed E-state index contributed by atoms with van der Waals surface area (Å²) in [6.45, 7) is 0. The smallest absolute Gasteiger partial charge is 0.326 e. The van der Waals surface area contributed by atoms with Gasteiger partial charge in [0.1, 0.15) is 18.1 Å². The van der Waals surface area contributed by atoms with E-state index in [1.165, 1.54) is 0 Å². The van der Waals surface area contributed by atoms with Gasteiger partial charge in [-0.3, -0.25) is 14.4 Å². The molecule has 0 saturated heterocycles. The molecule has 43 heavy (non-hydrogen) atoms. The lowest BCUT2D eigenvalue weighted by Gasteiger charge is -2.24. The van der Waals surface area contributed by atoms with Crippen molar-refractivity contribution >= 4 is 47.2 Å². The van der Waals surface area contributed by atoms with Crippen molar-refractivity contribution in [3.63, 3.8) is 0 Å². The largest absolute Gasteiger partial charge is 0.480 e. The zero-order valence-corrected chi connectivity index (χ0v) is 24.3. The summed E-state index contributed by atoms with van der Waals surface area (Å²) in [6, 6.07) is 21.5. The molecular weight excluding hydrogens is 566 g/mol. The molecule has 0 aliphatic carbocycles. The van der Waals surface area contributed by atoms with Gasteiger partial charge in [0.05, 0.1) is 6.04 Å². The van der Waals surface area contributed by atoms with Crippen LogP contribution in [0.25, 0.3) is 10.9 Å². The van der Waals surface area contributed by atoms with Crippen LogP contribution in [0.5, 0.6) is 0 Å². The summed E-state index contributed by atoms with van der Waals surface area (Å²) in [7, 11) is 0. The van der Waals surface area contributed by atoms with Crippen LogP contribution in [-0.2, 0) is 38.4 Å². The van der Waals surface area contributed by atoms with Crippen LogP contribution < -0.4 is 21.7 Å². The highest BCUT2D eigenvalue weighted by Crippen LogP contribution is 2.19. The Morgan fingerprint density at radius 2 is 1.23 bits per heavy atom. The molecule has 0 aliphatic rings. The second kappa shape index (κ2) is 15.0. The van der Waals surface area contributed by atoms with Crippen molar-refractivity contribution in [2.24, 2.45) is 5.73 Å². The lowest BCUT2D eigenvalue weighted by atomic mass is 10.0. The minimum Gasteiger partial charge on any atom is -0.480 e. The molecule has 7 N–H and O–H groups in total. The molecule has 4 unspecified atom stereocenters. The standard InChI is InChI=1S/C32H35N5O5S/c33-24(15-20-9-3-1-4-10-20)29(38)35-26(16-21-11-5-2-6-12-21)30(39)37-28(19-43)31(40)36-27(32(41)42)17-22-18-34-25-14-8-7-13-23(22)25/h1-14,18,24,26-28,34,43H,15-17,19,33H2,(H,35,38)(H,36,40)(H,37,39)(H,41,42). The molecule has 0 saturated carbocycles. The Kier molecular flexibility index (Phi) is 11.0. The van der Waals surface area contributed by atoms with E-state index >= 15 is 0 Å². The molecule has 1 aromatic heterocycles. The van der Waals surface area contributed by atoms with Crippen LogP contribution in [-0.4, -0.2) is 63.7 Å². The molecule has 10 nitrogen and oxygen atoms in total. The molecule has 0 spiro atoms. The normalized spacial score (nSPS) is 13.8. The van der Waals surface area contributed by atoms with Crippen molar-refractivity contribution in [3.05, 3.63) is 108 Å². The van der Waals surface area contributed by atoms with E-state index in [1.807, 2.05) is 84.9 Å². The van der Waals surface area contributed by atoms with Crippen molar-refractivity contribution in [1.82, 2.24) is 20.9 Å². The number of hydrogen-bond acceptors (Lipinski definition) is 6. The number of aromatic nitrogens is 1. The van der Waals surface area contributed by atoms with E-state index in [4.69, 9.17) is 5.73 Å². The first-order valence-electron chi connectivity index (χ1n) is 13.9. The summed E-state index contributed by atoms with van der Waals surface area (Å²) in [5.41, 5.74) is 9.41. The van der Waals surface area contributed by atoms with E-state index in [0.717, 1.165) is 27.6 Å². The minimum atomic E-state index is -1.25. The number of fused-ring (bicyclic) bond motifs is 1. The lowest BCUT2D eigenvalue weighted by molar-refractivity contribution is -0.142. The lowest BCUT2D eigenvalue weighted by Crippen LogP contribution is -2.58. The van der Waals surface area contributed by atoms with E-state index in [1.54, 1.807) is 6.20 Å². The number of carboxylic acids is 1. The van der Waals surface area contributed by atoms with E-state index in [-0.39, 0.29) is 25.0 Å². The van der Waals surface area contributed by atoms with Gasteiger partial charge in [-0.05, 0) is 29.2 Å². The fraction of sp³-hybridized carbons (Fsp3) is 0.250. The summed E-state index contributed by atoms with van der Waals surface area (Å²) in [4.78, 5) is 54.8. The average Bonchev–Trinajstić information content (AvgIpc) is 3.42. The summed E-state index contributed by atoms with van der Waals surface area (Å²) in [5.74, 6) is -3.17. The maximum absolute atomic E-state index is 13.5. The molecular formula is C32H35N5O5S. The number of nitrogens with two attached hydrogens (primary N) is 1. The molecule has 4 rings (SSSR count). The van der Waals surface area contributed by atoms with Gasteiger partial charge in [0, 0.05) is 35.7 Å². The van der Waals surface area contributed by atoms with Crippen molar-refractivity contribution in [3.8, 4) is 0 Å². The fourth-order valence-electron chi connectivity index (χ4n) is 4.76. The molecule has 0 bridgehead atoms. The number of carbonyl (C=O) groups is 4. The van der Waals surface area contributed by atoms with Crippen molar-refractivity contribution in [2.45, 2.75) is 43.4 Å². The highest BCUT2D eigenvalue weighted by molar-refractivity contribution is 7.80. The zero-order chi connectivity index (χ0) is 30.8. The predicted octanol–water partition coefficient (Wildman–Crippen LogP) is 1.99. The van der Waals surface area contributed by atoms with Gasteiger partial charge in [-0.2, -0.15) is 12.6 Å². The van der Waals surface area contributed by atoms with Crippen molar-refractivity contribution in [1.29, 1.82) is 0 Å². The number of hydrogen-bond donors (Lipinski definition) is 7. The molecule has 11 heteroatoms. The third kappa shape index (κ3) is 8.69. The number of thiol groups is 1. The predicted molar refractivity (Wildman–Crippen MR) is 168 cm³/mol. The van der Waals surface area contributed by atoms with Gasteiger partial charge in [-0.15, -0.1) is 0 Å². The number of rotatable bonds is 14. The molecule has 0 fully saturated rings. The summed E-state index contributed by atoms with van der Waals surface area (Å²) in [5, 5.41) is 18.6. The summed E-state index contributed by atoms with van der Waals surface area (Å²) < 4.78 is 0. The van der Waals surface area contributed by atoms with Gasteiger partial charge >= 0.3 is 5.97 Å². The molecule has 0 aliphatic heterocycles. The average molecular weight is 602 g/mol. The number of carboxylic acid groups (broad SMARTS) is 1. The Morgan fingerprint density at radius 1 is 0.698 bits per heavy atom. The molecule has 1 heterocycles. The number of para-hydroxylation sites is 1. The zero-order valence-electron chi connectivity index (χ0n) is 23.4. The number of aromatic amines is 1. The van der Waals surface area contributed by atoms with Crippen LogP contribution in [0.3, 0.4) is 0 Å². The van der Waals surface area contributed by atoms with Crippen molar-refractivity contribution < 1.29 is 24.3 Å². The highest BCUT2D eigenvalue weighted by Gasteiger charge is 2.30. The Labute approximate surface area is 254 Å². The van der Waals surface area contributed by atoms with Gasteiger partial charge in [-0.1, -0.05) is 78.9 Å². The van der Waals surface area contributed by atoms with E-state index in [2.05, 4.69) is 33.6 Å². The van der Waals surface area contributed by atoms with Gasteiger partial charge < -0.3 is 31.8 Å². The first-order valence-corrected chi connectivity index (χ1v) is 14.5.